The molecule has 21 heavy (non-hydrogen) atoms. The second-order valence-electron chi connectivity index (χ2n) is 6.30. The van der Waals surface area contributed by atoms with E-state index in [0.717, 1.165) is 45.1 Å². The van der Waals surface area contributed by atoms with Gasteiger partial charge in [0.15, 0.2) is 0 Å². The number of aliphatic hydroxyl groups is 1. The van der Waals surface area contributed by atoms with Crippen molar-refractivity contribution in [3.05, 3.63) is 0 Å². The van der Waals surface area contributed by atoms with E-state index in [2.05, 4.69) is 6.92 Å². The molecule has 0 radical (unpaired) electrons. The monoisotopic (exact) mass is 296 g/mol. The highest BCUT2D eigenvalue weighted by Crippen LogP contribution is 2.32. The highest BCUT2D eigenvalue weighted by Gasteiger charge is 2.37. The molecule has 0 aromatic heterocycles. The van der Waals surface area contributed by atoms with E-state index in [9.17, 15) is 9.59 Å². The van der Waals surface area contributed by atoms with Crippen molar-refractivity contribution in [2.45, 2.75) is 45.4 Å². The quantitative estimate of drug-likeness (QED) is 0.769. The van der Waals surface area contributed by atoms with Gasteiger partial charge in [-0.05, 0) is 32.1 Å². The number of amides is 2. The van der Waals surface area contributed by atoms with Gasteiger partial charge in [0.2, 0.25) is 11.8 Å². The van der Waals surface area contributed by atoms with Crippen LogP contribution in [0, 0.1) is 11.8 Å². The van der Waals surface area contributed by atoms with Gasteiger partial charge >= 0.3 is 0 Å². The van der Waals surface area contributed by atoms with Crippen LogP contribution < -0.4 is 0 Å². The molecule has 2 amide bonds. The van der Waals surface area contributed by atoms with Gasteiger partial charge in [-0.3, -0.25) is 9.59 Å². The molecule has 2 aliphatic rings. The van der Waals surface area contributed by atoms with Gasteiger partial charge in [-0.25, -0.2) is 0 Å². The van der Waals surface area contributed by atoms with Crippen molar-refractivity contribution >= 4 is 11.8 Å². The van der Waals surface area contributed by atoms with Crippen molar-refractivity contribution < 1.29 is 14.7 Å². The van der Waals surface area contributed by atoms with Crippen LogP contribution in [0.25, 0.3) is 0 Å². The fraction of sp³-hybridized carbons (Fsp3) is 0.875. The summed E-state index contributed by atoms with van der Waals surface area (Å²) in [5, 5.41) is 9.15. The Morgan fingerprint density at radius 1 is 1.19 bits per heavy atom. The minimum Gasteiger partial charge on any atom is -0.395 e. The number of aliphatic hydroxyl groups excluding tert-OH is 1. The molecule has 0 spiro atoms. The number of rotatable bonds is 7. The van der Waals surface area contributed by atoms with E-state index < -0.39 is 0 Å². The third-order valence-electron chi connectivity index (χ3n) is 4.47. The molecule has 1 saturated heterocycles. The number of hydrogen-bond donors (Lipinski definition) is 1. The van der Waals surface area contributed by atoms with Gasteiger partial charge < -0.3 is 14.9 Å². The van der Waals surface area contributed by atoms with Crippen LogP contribution in [0.15, 0.2) is 0 Å². The van der Waals surface area contributed by atoms with Gasteiger partial charge in [-0.2, -0.15) is 0 Å². The van der Waals surface area contributed by atoms with E-state index in [1.54, 1.807) is 4.90 Å². The zero-order valence-corrected chi connectivity index (χ0v) is 13.1. The Labute approximate surface area is 127 Å². The van der Waals surface area contributed by atoms with Crippen LogP contribution in [0.3, 0.4) is 0 Å². The first-order valence-electron chi connectivity index (χ1n) is 8.35. The predicted molar refractivity (Wildman–Crippen MR) is 80.6 cm³/mol. The van der Waals surface area contributed by atoms with E-state index in [4.69, 9.17) is 5.11 Å². The van der Waals surface area contributed by atoms with Gasteiger partial charge in [-0.1, -0.05) is 13.3 Å². The van der Waals surface area contributed by atoms with Crippen molar-refractivity contribution in [3.63, 3.8) is 0 Å². The van der Waals surface area contributed by atoms with E-state index in [-0.39, 0.29) is 30.3 Å². The van der Waals surface area contributed by atoms with Crippen molar-refractivity contribution in [2.24, 2.45) is 11.8 Å². The summed E-state index contributed by atoms with van der Waals surface area (Å²) >= 11 is 0. The Morgan fingerprint density at radius 3 is 2.57 bits per heavy atom. The zero-order chi connectivity index (χ0) is 15.2. The molecule has 2 fully saturated rings. The molecule has 2 rings (SSSR count). The van der Waals surface area contributed by atoms with Crippen LogP contribution in [-0.2, 0) is 9.59 Å². The topological polar surface area (TPSA) is 60.9 Å². The van der Waals surface area contributed by atoms with Gasteiger partial charge in [0.1, 0.15) is 0 Å². The third-order valence-corrected chi connectivity index (χ3v) is 4.47. The molecule has 0 aromatic carbocycles. The first kappa shape index (κ1) is 16.3. The van der Waals surface area contributed by atoms with E-state index in [0.29, 0.717) is 19.6 Å². The van der Waals surface area contributed by atoms with Crippen molar-refractivity contribution in [3.8, 4) is 0 Å². The first-order valence-corrected chi connectivity index (χ1v) is 8.35. The standard InChI is InChI=1S/C16H28N2O3/c1-2-3-8-17(10-11-19)16(21)14-5-4-9-18(12-14)15(20)13-6-7-13/h13-14,19H,2-12H2,1H3. The maximum atomic E-state index is 12.6. The second kappa shape index (κ2) is 7.78. The number of carbonyl (C=O) groups excluding carboxylic acids is 2. The maximum Gasteiger partial charge on any atom is 0.227 e. The summed E-state index contributed by atoms with van der Waals surface area (Å²) in [7, 11) is 0. The lowest BCUT2D eigenvalue weighted by molar-refractivity contribution is -0.141. The number of likely N-dealkylation sites (tertiary alicyclic amines) is 1. The molecular weight excluding hydrogens is 268 g/mol. The number of unbranched alkanes of at least 4 members (excludes halogenated alkanes) is 1. The Balaban J connectivity index is 1.91. The Bertz CT molecular complexity index is 369. The summed E-state index contributed by atoms with van der Waals surface area (Å²) < 4.78 is 0. The lowest BCUT2D eigenvalue weighted by Crippen LogP contribution is -2.48. The van der Waals surface area contributed by atoms with Crippen LogP contribution in [0.1, 0.15) is 45.4 Å². The van der Waals surface area contributed by atoms with Crippen molar-refractivity contribution in [2.75, 3.05) is 32.8 Å². The fourth-order valence-electron chi connectivity index (χ4n) is 3.03. The molecule has 5 nitrogen and oxygen atoms in total. The number of carbonyl (C=O) groups is 2. The van der Waals surface area contributed by atoms with Crippen molar-refractivity contribution in [1.29, 1.82) is 0 Å². The molecule has 1 heterocycles. The molecular formula is C16H28N2O3. The summed E-state index contributed by atoms with van der Waals surface area (Å²) in [5.41, 5.74) is 0. The molecule has 120 valence electrons. The molecule has 5 heteroatoms. The van der Waals surface area contributed by atoms with Crippen LogP contribution in [-0.4, -0.2) is 59.5 Å². The Hall–Kier alpha value is -1.10. The summed E-state index contributed by atoms with van der Waals surface area (Å²) in [6, 6.07) is 0. The largest absolute Gasteiger partial charge is 0.395 e. The minimum atomic E-state index is -0.0788. The van der Waals surface area contributed by atoms with Gasteiger partial charge in [0.25, 0.3) is 0 Å². The first-order chi connectivity index (χ1) is 10.2. The summed E-state index contributed by atoms with van der Waals surface area (Å²) in [6.45, 7) is 4.59. The SMILES string of the molecule is CCCCN(CCO)C(=O)C1CCCN(C(=O)C2CC2)C1. The van der Waals surface area contributed by atoms with E-state index in [1.165, 1.54) is 0 Å². The normalized spacial score (nSPS) is 22.2. The summed E-state index contributed by atoms with van der Waals surface area (Å²) in [4.78, 5) is 28.4. The van der Waals surface area contributed by atoms with Crippen LogP contribution in [0.5, 0.6) is 0 Å². The van der Waals surface area contributed by atoms with Crippen LogP contribution in [0.2, 0.25) is 0 Å². The van der Waals surface area contributed by atoms with E-state index >= 15 is 0 Å². The highest BCUT2D eigenvalue weighted by molar-refractivity contribution is 5.83. The molecule has 1 aliphatic carbocycles. The van der Waals surface area contributed by atoms with Crippen LogP contribution >= 0.6 is 0 Å². The summed E-state index contributed by atoms with van der Waals surface area (Å²) in [6.07, 6.45) is 5.80. The Kier molecular flexibility index (Phi) is 6.03. The molecule has 0 aromatic rings. The van der Waals surface area contributed by atoms with Gasteiger partial charge in [0, 0.05) is 32.1 Å². The lowest BCUT2D eigenvalue weighted by Gasteiger charge is -2.35. The molecule has 1 unspecified atom stereocenters. The number of hydrogen-bond acceptors (Lipinski definition) is 3. The summed E-state index contributed by atoms with van der Waals surface area (Å²) in [5.74, 6) is 0.512. The third kappa shape index (κ3) is 4.43. The van der Waals surface area contributed by atoms with Gasteiger partial charge in [0.05, 0.1) is 12.5 Å². The number of piperidine rings is 1. The fourth-order valence-corrected chi connectivity index (χ4v) is 3.03. The van der Waals surface area contributed by atoms with Crippen molar-refractivity contribution in [1.82, 2.24) is 9.80 Å². The molecule has 1 atom stereocenters. The lowest BCUT2D eigenvalue weighted by atomic mass is 9.96. The number of nitrogens with zero attached hydrogens (tertiary/aromatic N) is 2. The highest BCUT2D eigenvalue weighted by atomic mass is 16.3. The molecule has 1 saturated carbocycles. The van der Waals surface area contributed by atoms with E-state index in [1.807, 2.05) is 4.90 Å². The van der Waals surface area contributed by atoms with Gasteiger partial charge in [-0.15, -0.1) is 0 Å². The Morgan fingerprint density at radius 2 is 1.95 bits per heavy atom. The van der Waals surface area contributed by atoms with Crippen LogP contribution in [0.4, 0.5) is 0 Å². The second-order valence-corrected chi connectivity index (χ2v) is 6.30. The average Bonchev–Trinajstić information content (AvgIpc) is 3.35. The maximum absolute atomic E-state index is 12.6. The predicted octanol–water partition coefficient (Wildman–Crippen LogP) is 1.26. The smallest absolute Gasteiger partial charge is 0.227 e. The molecule has 1 N–H and O–H groups in total. The molecule has 0 bridgehead atoms. The zero-order valence-electron chi connectivity index (χ0n) is 13.1. The minimum absolute atomic E-state index is 0.00684. The average molecular weight is 296 g/mol. The molecule has 1 aliphatic heterocycles.